The minimum absolute atomic E-state index is 0.263. The van der Waals surface area contributed by atoms with Crippen LogP contribution in [0.5, 0.6) is 0 Å². The van der Waals surface area contributed by atoms with Crippen LogP contribution in [0.15, 0.2) is 30.3 Å². The van der Waals surface area contributed by atoms with Gasteiger partial charge in [0.15, 0.2) is 6.61 Å². The highest BCUT2D eigenvalue weighted by atomic mass is 16.5. The van der Waals surface area contributed by atoms with Gasteiger partial charge in [0.25, 0.3) is 5.91 Å². The molecule has 23 heavy (non-hydrogen) atoms. The molecule has 0 aliphatic heterocycles. The van der Waals surface area contributed by atoms with Crippen molar-refractivity contribution in [2.24, 2.45) is 0 Å². The van der Waals surface area contributed by atoms with Crippen molar-refractivity contribution in [2.75, 3.05) is 13.2 Å². The molecule has 2 rings (SSSR count). The highest BCUT2D eigenvalue weighted by Crippen LogP contribution is 2.18. The van der Waals surface area contributed by atoms with Crippen LogP contribution in [0.2, 0.25) is 0 Å². The van der Waals surface area contributed by atoms with Crippen LogP contribution >= 0.6 is 0 Å². The molecule has 1 amide bonds. The molecule has 0 radical (unpaired) electrons. The molecule has 1 aromatic heterocycles. The smallest absolute Gasteiger partial charge is 0.339 e. The molecule has 0 saturated heterocycles. The molecule has 122 valence electrons. The maximum Gasteiger partial charge on any atom is 0.339 e. The van der Waals surface area contributed by atoms with Gasteiger partial charge in [0.05, 0.1) is 11.1 Å². The Morgan fingerprint density at radius 1 is 1.22 bits per heavy atom. The second kappa shape index (κ2) is 8.27. The fourth-order valence-electron chi connectivity index (χ4n) is 2.34. The highest BCUT2D eigenvalue weighted by molar-refractivity contribution is 6.04. The largest absolute Gasteiger partial charge is 0.452 e. The normalized spacial score (nSPS) is 10.5. The van der Waals surface area contributed by atoms with Gasteiger partial charge in [-0.05, 0) is 25.5 Å². The number of aryl methyl sites for hydroxylation is 1. The first-order valence-corrected chi connectivity index (χ1v) is 7.92. The van der Waals surface area contributed by atoms with Crippen LogP contribution in [0, 0.1) is 6.92 Å². The van der Waals surface area contributed by atoms with Crippen molar-refractivity contribution >= 4 is 22.8 Å². The van der Waals surface area contributed by atoms with Crippen molar-refractivity contribution in [3.8, 4) is 0 Å². The van der Waals surface area contributed by atoms with E-state index in [1.165, 1.54) is 0 Å². The molecule has 1 heterocycles. The van der Waals surface area contributed by atoms with Crippen molar-refractivity contribution < 1.29 is 14.3 Å². The summed E-state index contributed by atoms with van der Waals surface area (Å²) in [6.45, 7) is 4.27. The van der Waals surface area contributed by atoms with E-state index in [0.717, 1.165) is 35.9 Å². The maximum atomic E-state index is 12.3. The first-order chi connectivity index (χ1) is 11.1. The average molecular weight is 314 g/mol. The van der Waals surface area contributed by atoms with E-state index >= 15 is 0 Å². The number of hydrogen-bond donors (Lipinski definition) is 1. The number of carbonyl (C=O) groups excluding carboxylic acids is 2. The third-order valence-electron chi connectivity index (χ3n) is 3.50. The number of benzene rings is 1. The maximum absolute atomic E-state index is 12.3. The third kappa shape index (κ3) is 4.77. The third-order valence-corrected chi connectivity index (χ3v) is 3.50. The molecule has 1 aromatic carbocycles. The van der Waals surface area contributed by atoms with Crippen LogP contribution in [0.4, 0.5) is 0 Å². The van der Waals surface area contributed by atoms with E-state index in [4.69, 9.17) is 4.74 Å². The van der Waals surface area contributed by atoms with Crippen molar-refractivity contribution in [1.82, 2.24) is 10.3 Å². The van der Waals surface area contributed by atoms with Gasteiger partial charge in [-0.3, -0.25) is 9.78 Å². The van der Waals surface area contributed by atoms with E-state index in [9.17, 15) is 9.59 Å². The highest BCUT2D eigenvalue weighted by Gasteiger charge is 2.14. The van der Waals surface area contributed by atoms with Crippen molar-refractivity contribution in [3.63, 3.8) is 0 Å². The molecule has 1 N–H and O–H groups in total. The van der Waals surface area contributed by atoms with E-state index in [1.54, 1.807) is 6.07 Å². The molecule has 0 unspecified atom stereocenters. The van der Waals surface area contributed by atoms with E-state index < -0.39 is 5.97 Å². The lowest BCUT2D eigenvalue weighted by atomic mass is 10.1. The monoisotopic (exact) mass is 314 g/mol. The molecule has 2 aromatic rings. The molecule has 0 aliphatic rings. The van der Waals surface area contributed by atoms with Gasteiger partial charge in [-0.15, -0.1) is 0 Å². The number of para-hydroxylation sites is 1. The van der Waals surface area contributed by atoms with E-state index in [1.807, 2.05) is 31.2 Å². The number of esters is 1. The van der Waals surface area contributed by atoms with Gasteiger partial charge in [0.1, 0.15) is 0 Å². The van der Waals surface area contributed by atoms with E-state index in [2.05, 4.69) is 17.2 Å². The van der Waals surface area contributed by atoms with Gasteiger partial charge in [-0.25, -0.2) is 4.79 Å². The predicted octanol–water partition coefficient (Wildman–Crippen LogP) is 3.01. The molecule has 0 saturated carbocycles. The Labute approximate surface area is 136 Å². The Balaban J connectivity index is 1.97. The van der Waals surface area contributed by atoms with Crippen LogP contribution in [0.1, 0.15) is 42.2 Å². The fourth-order valence-corrected chi connectivity index (χ4v) is 2.34. The number of nitrogens with one attached hydrogen (secondary N) is 1. The number of rotatable bonds is 7. The molecule has 0 aliphatic carbocycles. The summed E-state index contributed by atoms with van der Waals surface area (Å²) in [4.78, 5) is 28.3. The number of ether oxygens (including phenoxy) is 1. The molecule has 0 fully saturated rings. The van der Waals surface area contributed by atoms with Crippen LogP contribution in [0.25, 0.3) is 10.9 Å². The molecule has 5 nitrogen and oxygen atoms in total. The first-order valence-electron chi connectivity index (χ1n) is 7.92. The van der Waals surface area contributed by atoms with Crippen molar-refractivity contribution in [2.45, 2.75) is 33.1 Å². The lowest BCUT2D eigenvalue weighted by Crippen LogP contribution is -2.29. The van der Waals surface area contributed by atoms with Gasteiger partial charge in [-0.1, -0.05) is 38.0 Å². The zero-order chi connectivity index (χ0) is 16.7. The number of fused-ring (bicyclic) bond motifs is 1. The summed E-state index contributed by atoms with van der Waals surface area (Å²) in [5, 5.41) is 3.47. The zero-order valence-corrected chi connectivity index (χ0v) is 13.6. The molecule has 0 atom stereocenters. The number of nitrogens with zero attached hydrogens (tertiary/aromatic N) is 1. The van der Waals surface area contributed by atoms with Crippen molar-refractivity contribution in [1.29, 1.82) is 0 Å². The molecule has 0 spiro atoms. The summed E-state index contributed by atoms with van der Waals surface area (Å²) in [7, 11) is 0. The topological polar surface area (TPSA) is 68.3 Å². The SMILES string of the molecule is CCCCCNC(=O)COC(=O)c1cc(C)nc2ccccc12. The summed E-state index contributed by atoms with van der Waals surface area (Å²) in [5.74, 6) is -0.778. The van der Waals surface area contributed by atoms with Gasteiger partial charge in [0, 0.05) is 17.6 Å². The minimum atomic E-state index is -0.504. The van der Waals surface area contributed by atoms with Crippen LogP contribution in [-0.2, 0) is 9.53 Å². The average Bonchev–Trinajstić information content (AvgIpc) is 2.55. The fraction of sp³-hybridized carbons (Fsp3) is 0.389. The lowest BCUT2D eigenvalue weighted by Gasteiger charge is -2.09. The van der Waals surface area contributed by atoms with Gasteiger partial charge in [0.2, 0.25) is 0 Å². The Morgan fingerprint density at radius 3 is 2.78 bits per heavy atom. The van der Waals surface area contributed by atoms with Crippen LogP contribution in [0.3, 0.4) is 0 Å². The summed E-state index contributed by atoms with van der Waals surface area (Å²) in [6, 6.07) is 9.07. The Bertz CT molecular complexity index is 698. The number of pyridine rings is 1. The summed E-state index contributed by atoms with van der Waals surface area (Å²) in [6.07, 6.45) is 3.10. The number of unbranched alkanes of at least 4 members (excludes halogenated alkanes) is 2. The van der Waals surface area contributed by atoms with Crippen LogP contribution in [-0.4, -0.2) is 30.0 Å². The van der Waals surface area contributed by atoms with E-state index in [0.29, 0.717) is 12.1 Å². The number of hydrogen-bond acceptors (Lipinski definition) is 4. The molecule has 0 bridgehead atoms. The summed E-state index contributed by atoms with van der Waals surface area (Å²) >= 11 is 0. The summed E-state index contributed by atoms with van der Waals surface area (Å²) < 4.78 is 5.13. The Kier molecular flexibility index (Phi) is 6.09. The second-order valence-corrected chi connectivity index (χ2v) is 5.46. The predicted molar refractivity (Wildman–Crippen MR) is 89.3 cm³/mol. The van der Waals surface area contributed by atoms with E-state index in [-0.39, 0.29) is 12.5 Å². The zero-order valence-electron chi connectivity index (χ0n) is 13.6. The van der Waals surface area contributed by atoms with Gasteiger partial charge < -0.3 is 10.1 Å². The Hall–Kier alpha value is -2.43. The Morgan fingerprint density at radius 2 is 2.00 bits per heavy atom. The quantitative estimate of drug-likeness (QED) is 0.630. The molecular formula is C18H22N2O3. The number of aromatic nitrogens is 1. The number of amides is 1. The first kappa shape index (κ1) is 16.9. The van der Waals surface area contributed by atoms with Crippen LogP contribution < -0.4 is 5.32 Å². The minimum Gasteiger partial charge on any atom is -0.452 e. The molecular weight excluding hydrogens is 292 g/mol. The lowest BCUT2D eigenvalue weighted by molar-refractivity contribution is -0.124. The summed E-state index contributed by atoms with van der Waals surface area (Å²) in [5.41, 5.74) is 1.91. The standard InChI is InChI=1S/C18H22N2O3/c1-3-4-7-10-19-17(21)12-23-18(22)15-11-13(2)20-16-9-6-5-8-14(15)16/h5-6,8-9,11H,3-4,7,10,12H2,1-2H3,(H,19,21). The van der Waals surface area contributed by atoms with Gasteiger partial charge in [-0.2, -0.15) is 0 Å². The molecule has 5 heteroatoms. The second-order valence-electron chi connectivity index (χ2n) is 5.46. The van der Waals surface area contributed by atoms with Crippen molar-refractivity contribution in [3.05, 3.63) is 41.6 Å². The van der Waals surface area contributed by atoms with Gasteiger partial charge >= 0.3 is 5.97 Å². The number of carbonyl (C=O) groups is 2.